The average Bonchev–Trinajstić information content (AvgIpc) is 3.41. The van der Waals surface area contributed by atoms with Crippen LogP contribution in [0.3, 0.4) is 0 Å². The summed E-state index contributed by atoms with van der Waals surface area (Å²) in [5, 5.41) is 8.02. The van der Waals surface area contributed by atoms with Gasteiger partial charge in [0.2, 0.25) is 5.91 Å². The second kappa shape index (κ2) is 6.68. The van der Waals surface area contributed by atoms with E-state index in [-0.39, 0.29) is 30.6 Å². The Hall–Kier alpha value is -2.90. The number of rotatable bonds is 5. The third-order valence-corrected chi connectivity index (χ3v) is 4.68. The van der Waals surface area contributed by atoms with Crippen molar-refractivity contribution in [1.29, 1.82) is 0 Å². The van der Waals surface area contributed by atoms with Crippen LogP contribution in [0.25, 0.3) is 11.0 Å². The lowest BCUT2D eigenvalue weighted by atomic mass is 10.1. The second-order valence-electron chi connectivity index (χ2n) is 6.64. The predicted molar refractivity (Wildman–Crippen MR) is 92.5 cm³/mol. The van der Waals surface area contributed by atoms with Crippen molar-refractivity contribution in [2.24, 2.45) is 0 Å². The maximum atomic E-state index is 13.3. The van der Waals surface area contributed by atoms with Gasteiger partial charge in [0.05, 0.1) is 11.1 Å². The summed E-state index contributed by atoms with van der Waals surface area (Å²) in [5.74, 6) is -0.259. The molecule has 1 aromatic heterocycles. The fraction of sp³-hybridized carbons (Fsp3) is 0.316. The Labute approximate surface area is 153 Å². The standard InChI is InChI=1S/C19H17F3N4O/c20-19(21,22)15-6-2-1-5-13(15)11-25(14-9-10-14)18(27)12-26-17-8-4-3-7-16(17)23-24-26/h1-8,14H,9-12H2. The molecule has 140 valence electrons. The molecule has 4 rings (SSSR count). The summed E-state index contributed by atoms with van der Waals surface area (Å²) < 4.78 is 41.3. The number of para-hydroxylation sites is 1. The first-order valence-electron chi connectivity index (χ1n) is 8.66. The lowest BCUT2D eigenvalue weighted by Crippen LogP contribution is -2.36. The molecule has 1 aliphatic carbocycles. The Kier molecular flexibility index (Phi) is 4.33. The van der Waals surface area contributed by atoms with Crippen LogP contribution in [0.4, 0.5) is 13.2 Å². The van der Waals surface area contributed by atoms with E-state index in [0.717, 1.165) is 24.4 Å². The third-order valence-electron chi connectivity index (χ3n) is 4.68. The van der Waals surface area contributed by atoms with E-state index in [1.54, 1.807) is 12.1 Å². The fourth-order valence-corrected chi connectivity index (χ4v) is 3.18. The van der Waals surface area contributed by atoms with Gasteiger partial charge in [0.15, 0.2) is 0 Å². The van der Waals surface area contributed by atoms with Crippen molar-refractivity contribution in [3.63, 3.8) is 0 Å². The molecule has 0 atom stereocenters. The number of hydrogen-bond acceptors (Lipinski definition) is 3. The molecule has 1 fully saturated rings. The summed E-state index contributed by atoms with van der Waals surface area (Å²) >= 11 is 0. The van der Waals surface area contributed by atoms with Crippen molar-refractivity contribution in [3.8, 4) is 0 Å². The van der Waals surface area contributed by atoms with Crippen molar-refractivity contribution >= 4 is 16.9 Å². The molecule has 0 aliphatic heterocycles. The first kappa shape index (κ1) is 17.5. The van der Waals surface area contributed by atoms with Crippen LogP contribution in [0, 0.1) is 0 Å². The zero-order valence-corrected chi connectivity index (χ0v) is 14.4. The minimum Gasteiger partial charge on any atom is -0.334 e. The van der Waals surface area contributed by atoms with Gasteiger partial charge in [-0.1, -0.05) is 35.5 Å². The quantitative estimate of drug-likeness (QED) is 0.685. The van der Waals surface area contributed by atoms with Crippen LogP contribution in [0.15, 0.2) is 48.5 Å². The van der Waals surface area contributed by atoms with Gasteiger partial charge in [-0.3, -0.25) is 4.79 Å². The normalized spacial score (nSPS) is 14.5. The molecule has 8 heteroatoms. The van der Waals surface area contributed by atoms with E-state index in [9.17, 15) is 18.0 Å². The highest BCUT2D eigenvalue weighted by atomic mass is 19.4. The van der Waals surface area contributed by atoms with Crippen molar-refractivity contribution in [2.45, 2.75) is 38.1 Å². The fourth-order valence-electron chi connectivity index (χ4n) is 3.18. The van der Waals surface area contributed by atoms with Crippen LogP contribution >= 0.6 is 0 Å². The summed E-state index contributed by atoms with van der Waals surface area (Å²) in [6.07, 6.45) is -2.84. The van der Waals surface area contributed by atoms with Gasteiger partial charge in [0.25, 0.3) is 0 Å². The second-order valence-corrected chi connectivity index (χ2v) is 6.64. The van der Waals surface area contributed by atoms with Gasteiger partial charge in [-0.2, -0.15) is 13.2 Å². The van der Waals surface area contributed by atoms with Crippen LogP contribution in [0.2, 0.25) is 0 Å². The van der Waals surface area contributed by atoms with Crippen molar-refractivity contribution in [1.82, 2.24) is 19.9 Å². The van der Waals surface area contributed by atoms with Crippen LogP contribution in [0.1, 0.15) is 24.0 Å². The minimum atomic E-state index is -4.45. The molecule has 0 bridgehead atoms. The number of hydrogen-bond donors (Lipinski definition) is 0. The molecule has 27 heavy (non-hydrogen) atoms. The largest absolute Gasteiger partial charge is 0.416 e. The predicted octanol–water partition coefficient (Wildman–Crippen LogP) is 3.64. The summed E-state index contributed by atoms with van der Waals surface area (Å²) in [6.45, 7) is -0.114. The van der Waals surface area contributed by atoms with Gasteiger partial charge in [-0.15, -0.1) is 5.10 Å². The molecule has 1 saturated carbocycles. The molecule has 3 aromatic rings. The maximum Gasteiger partial charge on any atom is 0.416 e. The summed E-state index contributed by atoms with van der Waals surface area (Å²) in [4.78, 5) is 14.4. The maximum absolute atomic E-state index is 13.3. The molecule has 0 N–H and O–H groups in total. The number of carbonyl (C=O) groups is 1. The topological polar surface area (TPSA) is 51.0 Å². The zero-order valence-electron chi connectivity index (χ0n) is 14.4. The smallest absolute Gasteiger partial charge is 0.334 e. The number of aromatic nitrogens is 3. The van der Waals surface area contributed by atoms with E-state index in [0.29, 0.717) is 5.52 Å². The molecule has 2 aromatic carbocycles. The van der Waals surface area contributed by atoms with E-state index in [2.05, 4.69) is 10.3 Å². The first-order chi connectivity index (χ1) is 12.9. The number of nitrogens with zero attached hydrogens (tertiary/aromatic N) is 4. The van der Waals surface area contributed by atoms with Gasteiger partial charge in [0, 0.05) is 12.6 Å². The Morgan fingerprint density at radius 3 is 2.56 bits per heavy atom. The minimum absolute atomic E-state index is 0.0198. The summed E-state index contributed by atoms with van der Waals surface area (Å²) in [7, 11) is 0. The Morgan fingerprint density at radius 1 is 1.11 bits per heavy atom. The molecular formula is C19H17F3N4O. The van der Waals surface area contributed by atoms with Gasteiger partial charge < -0.3 is 4.90 Å². The number of alkyl halides is 3. The van der Waals surface area contributed by atoms with Gasteiger partial charge in [-0.05, 0) is 36.6 Å². The molecule has 1 amide bonds. The highest BCUT2D eigenvalue weighted by Crippen LogP contribution is 2.35. The Balaban J connectivity index is 1.58. The summed E-state index contributed by atoms with van der Waals surface area (Å²) in [5.41, 5.74) is 0.798. The van der Waals surface area contributed by atoms with Crippen molar-refractivity contribution in [3.05, 3.63) is 59.7 Å². The van der Waals surface area contributed by atoms with Gasteiger partial charge >= 0.3 is 6.18 Å². The number of halogens is 3. The molecule has 0 unspecified atom stereocenters. The first-order valence-corrected chi connectivity index (χ1v) is 8.66. The zero-order chi connectivity index (χ0) is 19.0. The van der Waals surface area contributed by atoms with Crippen LogP contribution in [-0.4, -0.2) is 31.8 Å². The monoisotopic (exact) mass is 374 g/mol. The highest BCUT2D eigenvalue weighted by molar-refractivity contribution is 5.80. The summed E-state index contributed by atoms with van der Waals surface area (Å²) in [6, 6.07) is 12.6. The number of amides is 1. The average molecular weight is 374 g/mol. The number of fused-ring (bicyclic) bond motifs is 1. The van der Waals surface area contributed by atoms with E-state index in [1.807, 2.05) is 18.2 Å². The van der Waals surface area contributed by atoms with E-state index in [4.69, 9.17) is 0 Å². The highest BCUT2D eigenvalue weighted by Gasteiger charge is 2.37. The lowest BCUT2D eigenvalue weighted by molar-refractivity contribution is -0.140. The molecule has 0 radical (unpaired) electrons. The van der Waals surface area contributed by atoms with Crippen LogP contribution in [-0.2, 0) is 24.1 Å². The molecule has 0 saturated heterocycles. The SMILES string of the molecule is O=C(Cn1nnc2ccccc21)N(Cc1ccccc1C(F)(F)F)C1CC1. The number of benzene rings is 2. The van der Waals surface area contributed by atoms with Crippen LogP contribution < -0.4 is 0 Å². The third kappa shape index (κ3) is 3.65. The van der Waals surface area contributed by atoms with Gasteiger partial charge in [0.1, 0.15) is 12.1 Å². The molecule has 1 aliphatic rings. The van der Waals surface area contributed by atoms with E-state index >= 15 is 0 Å². The van der Waals surface area contributed by atoms with E-state index in [1.165, 1.54) is 21.7 Å². The van der Waals surface area contributed by atoms with Crippen molar-refractivity contribution < 1.29 is 18.0 Å². The molecule has 5 nitrogen and oxygen atoms in total. The lowest BCUT2D eigenvalue weighted by Gasteiger charge is -2.24. The molecule has 1 heterocycles. The van der Waals surface area contributed by atoms with E-state index < -0.39 is 11.7 Å². The van der Waals surface area contributed by atoms with Crippen molar-refractivity contribution in [2.75, 3.05) is 0 Å². The van der Waals surface area contributed by atoms with Gasteiger partial charge in [-0.25, -0.2) is 4.68 Å². The number of carbonyl (C=O) groups excluding carboxylic acids is 1. The molecule has 0 spiro atoms. The Morgan fingerprint density at radius 2 is 1.81 bits per heavy atom. The molecular weight excluding hydrogens is 357 g/mol. The van der Waals surface area contributed by atoms with Crippen LogP contribution in [0.5, 0.6) is 0 Å². The Bertz CT molecular complexity index is 978.